The minimum atomic E-state index is -0.114. The van der Waals surface area contributed by atoms with Crippen molar-refractivity contribution in [3.8, 4) is 5.75 Å². The van der Waals surface area contributed by atoms with E-state index in [1.54, 1.807) is 4.90 Å². The fourth-order valence-corrected chi connectivity index (χ4v) is 1.96. The van der Waals surface area contributed by atoms with Crippen molar-refractivity contribution < 1.29 is 14.3 Å². The van der Waals surface area contributed by atoms with Crippen molar-refractivity contribution in [1.82, 2.24) is 0 Å². The number of morpholine rings is 1. The summed E-state index contributed by atoms with van der Waals surface area (Å²) in [6.07, 6.45) is -0.114. The third kappa shape index (κ3) is 2.63. The summed E-state index contributed by atoms with van der Waals surface area (Å²) in [4.78, 5) is 13.6. The molecule has 1 aliphatic heterocycles. The van der Waals surface area contributed by atoms with Crippen LogP contribution in [0.1, 0.15) is 6.92 Å². The third-order valence-electron chi connectivity index (χ3n) is 2.85. The van der Waals surface area contributed by atoms with Gasteiger partial charge in [0, 0.05) is 6.54 Å². The molecule has 1 aromatic carbocycles. The van der Waals surface area contributed by atoms with Gasteiger partial charge in [-0.2, -0.15) is 0 Å². The van der Waals surface area contributed by atoms with Gasteiger partial charge in [0.2, 0.25) is 0 Å². The Morgan fingerprint density at radius 1 is 1.50 bits per heavy atom. The maximum absolute atomic E-state index is 11.9. The van der Waals surface area contributed by atoms with Crippen molar-refractivity contribution in [1.29, 1.82) is 0 Å². The van der Waals surface area contributed by atoms with E-state index in [4.69, 9.17) is 15.2 Å². The first-order valence-corrected chi connectivity index (χ1v) is 6.10. The molecule has 1 saturated heterocycles. The highest BCUT2D eigenvalue weighted by Crippen LogP contribution is 2.29. The second-order valence-corrected chi connectivity index (χ2v) is 4.07. The molecule has 1 atom stereocenters. The van der Waals surface area contributed by atoms with Gasteiger partial charge in [-0.1, -0.05) is 12.1 Å². The minimum Gasteiger partial charge on any atom is -0.492 e. The zero-order chi connectivity index (χ0) is 13.0. The van der Waals surface area contributed by atoms with E-state index in [-0.39, 0.29) is 18.6 Å². The van der Waals surface area contributed by atoms with Crippen LogP contribution in [0, 0.1) is 0 Å². The molecular formula is C13H18N2O3. The lowest BCUT2D eigenvalue weighted by molar-refractivity contribution is -0.129. The molecule has 1 amide bonds. The number of carbonyl (C=O) groups excluding carboxylic acids is 1. The highest BCUT2D eigenvalue weighted by molar-refractivity contribution is 5.96. The van der Waals surface area contributed by atoms with Crippen LogP contribution in [-0.2, 0) is 9.53 Å². The van der Waals surface area contributed by atoms with Crippen LogP contribution in [0.3, 0.4) is 0 Å². The predicted molar refractivity (Wildman–Crippen MR) is 68.8 cm³/mol. The van der Waals surface area contributed by atoms with E-state index in [0.717, 1.165) is 5.69 Å². The van der Waals surface area contributed by atoms with E-state index in [1.807, 2.05) is 31.2 Å². The standard InChI is InChI=1S/C13H18N2O3/c1-2-17-12-6-4-3-5-11(12)15-8-10(7-14)18-9-13(15)16/h3-6,10H,2,7-9,14H2,1H3. The van der Waals surface area contributed by atoms with Gasteiger partial charge in [0.15, 0.2) is 0 Å². The van der Waals surface area contributed by atoms with Crippen molar-refractivity contribution in [3.05, 3.63) is 24.3 Å². The van der Waals surface area contributed by atoms with E-state index in [2.05, 4.69) is 0 Å². The molecule has 1 heterocycles. The molecule has 5 heteroatoms. The van der Waals surface area contributed by atoms with Crippen LogP contribution in [-0.4, -0.2) is 38.3 Å². The Morgan fingerprint density at radius 2 is 2.28 bits per heavy atom. The fourth-order valence-electron chi connectivity index (χ4n) is 1.96. The van der Waals surface area contributed by atoms with E-state index >= 15 is 0 Å². The lowest BCUT2D eigenvalue weighted by Crippen LogP contribution is -2.49. The summed E-state index contributed by atoms with van der Waals surface area (Å²) in [7, 11) is 0. The van der Waals surface area contributed by atoms with Crippen molar-refractivity contribution in [2.75, 3.05) is 31.2 Å². The monoisotopic (exact) mass is 250 g/mol. The molecule has 1 aliphatic rings. The summed E-state index contributed by atoms with van der Waals surface area (Å²) in [6.45, 7) is 3.43. The Kier molecular flexibility index (Phi) is 4.17. The van der Waals surface area contributed by atoms with Gasteiger partial charge in [0.05, 0.1) is 24.9 Å². The number of anilines is 1. The number of rotatable bonds is 4. The van der Waals surface area contributed by atoms with Crippen LogP contribution in [0.15, 0.2) is 24.3 Å². The number of amides is 1. The Labute approximate surface area is 106 Å². The number of ether oxygens (including phenoxy) is 2. The summed E-state index contributed by atoms with van der Waals surface area (Å²) in [5.74, 6) is 0.651. The second kappa shape index (κ2) is 5.84. The Balaban J connectivity index is 2.25. The molecule has 0 saturated carbocycles. The van der Waals surface area contributed by atoms with Crippen molar-refractivity contribution >= 4 is 11.6 Å². The molecule has 0 aromatic heterocycles. The lowest BCUT2D eigenvalue weighted by atomic mass is 10.2. The molecule has 0 aliphatic carbocycles. The SMILES string of the molecule is CCOc1ccccc1N1CC(CN)OCC1=O. The minimum absolute atomic E-state index is 0.0631. The average molecular weight is 250 g/mol. The first-order chi connectivity index (χ1) is 8.76. The van der Waals surface area contributed by atoms with Crippen molar-refractivity contribution in [2.24, 2.45) is 5.73 Å². The molecule has 1 unspecified atom stereocenters. The number of hydrogen-bond donors (Lipinski definition) is 1. The molecule has 0 spiro atoms. The van der Waals surface area contributed by atoms with Gasteiger partial charge in [-0.15, -0.1) is 0 Å². The van der Waals surface area contributed by atoms with Crippen LogP contribution >= 0.6 is 0 Å². The van der Waals surface area contributed by atoms with Crippen LogP contribution in [0.5, 0.6) is 5.75 Å². The number of nitrogens with two attached hydrogens (primary N) is 1. The molecule has 18 heavy (non-hydrogen) atoms. The topological polar surface area (TPSA) is 64.8 Å². The van der Waals surface area contributed by atoms with Gasteiger partial charge in [-0.3, -0.25) is 4.79 Å². The van der Waals surface area contributed by atoms with Crippen molar-refractivity contribution in [2.45, 2.75) is 13.0 Å². The van der Waals surface area contributed by atoms with E-state index in [9.17, 15) is 4.79 Å². The number of hydrogen-bond acceptors (Lipinski definition) is 4. The highest BCUT2D eigenvalue weighted by Gasteiger charge is 2.28. The van der Waals surface area contributed by atoms with Crippen LogP contribution in [0.4, 0.5) is 5.69 Å². The average Bonchev–Trinajstić information content (AvgIpc) is 2.41. The normalized spacial score (nSPS) is 20.0. The zero-order valence-electron chi connectivity index (χ0n) is 10.5. The Morgan fingerprint density at radius 3 is 3.00 bits per heavy atom. The second-order valence-electron chi connectivity index (χ2n) is 4.07. The van der Waals surface area contributed by atoms with Gasteiger partial charge in [0.1, 0.15) is 12.4 Å². The van der Waals surface area contributed by atoms with Crippen LogP contribution in [0.25, 0.3) is 0 Å². The molecule has 5 nitrogen and oxygen atoms in total. The fraction of sp³-hybridized carbons (Fsp3) is 0.462. The van der Waals surface area contributed by atoms with Gasteiger partial charge in [-0.25, -0.2) is 0 Å². The number of nitrogens with zero attached hydrogens (tertiary/aromatic N) is 1. The smallest absolute Gasteiger partial charge is 0.253 e. The molecule has 0 bridgehead atoms. The highest BCUT2D eigenvalue weighted by atomic mass is 16.5. The van der Waals surface area contributed by atoms with Gasteiger partial charge < -0.3 is 20.1 Å². The molecule has 2 N–H and O–H groups in total. The molecule has 98 valence electrons. The Hall–Kier alpha value is -1.59. The molecular weight excluding hydrogens is 232 g/mol. The van der Waals surface area contributed by atoms with Gasteiger partial charge in [0.25, 0.3) is 5.91 Å². The number of para-hydroxylation sites is 2. The molecule has 0 radical (unpaired) electrons. The Bertz CT molecular complexity index is 422. The summed E-state index contributed by atoms with van der Waals surface area (Å²) >= 11 is 0. The van der Waals surface area contributed by atoms with E-state index < -0.39 is 0 Å². The summed E-state index contributed by atoms with van der Waals surface area (Å²) in [5.41, 5.74) is 6.37. The van der Waals surface area contributed by atoms with Crippen LogP contribution in [0.2, 0.25) is 0 Å². The van der Waals surface area contributed by atoms with Crippen LogP contribution < -0.4 is 15.4 Å². The summed E-state index contributed by atoms with van der Waals surface area (Å²) in [6, 6.07) is 7.51. The first kappa shape index (κ1) is 12.9. The quantitative estimate of drug-likeness (QED) is 0.857. The maximum Gasteiger partial charge on any atom is 0.253 e. The largest absolute Gasteiger partial charge is 0.492 e. The van der Waals surface area contributed by atoms with Crippen molar-refractivity contribution in [3.63, 3.8) is 0 Å². The zero-order valence-corrected chi connectivity index (χ0v) is 10.5. The van der Waals surface area contributed by atoms with E-state index in [0.29, 0.717) is 25.4 Å². The summed E-state index contributed by atoms with van der Waals surface area (Å²) in [5, 5.41) is 0. The molecule has 2 rings (SSSR count). The maximum atomic E-state index is 11.9. The summed E-state index contributed by atoms with van der Waals surface area (Å²) < 4.78 is 10.9. The molecule has 1 fully saturated rings. The van der Waals surface area contributed by atoms with E-state index in [1.165, 1.54) is 0 Å². The number of carbonyl (C=O) groups is 1. The van der Waals surface area contributed by atoms with Gasteiger partial charge >= 0.3 is 0 Å². The third-order valence-corrected chi connectivity index (χ3v) is 2.85. The molecule has 1 aromatic rings. The lowest BCUT2D eigenvalue weighted by Gasteiger charge is -2.33. The first-order valence-electron chi connectivity index (χ1n) is 6.10. The number of benzene rings is 1. The predicted octanol–water partition coefficient (Wildman–Crippen LogP) is 0.776. The van der Waals surface area contributed by atoms with Gasteiger partial charge in [-0.05, 0) is 19.1 Å².